The van der Waals surface area contributed by atoms with Gasteiger partial charge in [0.15, 0.2) is 0 Å². The normalized spacial score (nSPS) is 15.6. The zero-order valence-corrected chi connectivity index (χ0v) is 10.3. The van der Waals surface area contributed by atoms with Gasteiger partial charge in [0.05, 0.1) is 6.33 Å². The van der Waals surface area contributed by atoms with Crippen LogP contribution in [0.2, 0.25) is 0 Å². The maximum Gasteiger partial charge on any atom is 0.0951 e. The van der Waals surface area contributed by atoms with Crippen LogP contribution < -0.4 is 5.73 Å². The van der Waals surface area contributed by atoms with Crippen LogP contribution in [0.4, 0.5) is 0 Å². The summed E-state index contributed by atoms with van der Waals surface area (Å²) in [5.74, 6) is 1.10. The molecular weight excluding hydrogens is 186 g/mol. The molecule has 3 heteroatoms. The first-order valence-electron chi connectivity index (χ1n) is 5.83. The maximum absolute atomic E-state index is 5.83. The largest absolute Gasteiger partial charge is 0.330 e. The van der Waals surface area contributed by atoms with E-state index in [0.717, 1.165) is 6.42 Å². The van der Waals surface area contributed by atoms with E-state index in [9.17, 15) is 0 Å². The van der Waals surface area contributed by atoms with Gasteiger partial charge in [0, 0.05) is 24.5 Å². The van der Waals surface area contributed by atoms with E-state index >= 15 is 0 Å². The van der Waals surface area contributed by atoms with E-state index in [1.54, 1.807) is 0 Å². The monoisotopic (exact) mass is 209 g/mol. The highest BCUT2D eigenvalue weighted by atomic mass is 15.1. The Morgan fingerprint density at radius 2 is 2.07 bits per heavy atom. The quantitative estimate of drug-likeness (QED) is 0.810. The van der Waals surface area contributed by atoms with E-state index in [4.69, 9.17) is 5.73 Å². The van der Waals surface area contributed by atoms with Crippen LogP contribution in [0, 0.1) is 5.92 Å². The molecule has 15 heavy (non-hydrogen) atoms. The maximum atomic E-state index is 5.83. The minimum atomic E-state index is 0.372. The molecule has 2 atom stereocenters. The molecule has 0 bridgehead atoms. The van der Waals surface area contributed by atoms with Gasteiger partial charge in [-0.15, -0.1) is 0 Å². The minimum absolute atomic E-state index is 0.372. The fraction of sp³-hybridized carbons (Fsp3) is 0.750. The van der Waals surface area contributed by atoms with E-state index in [1.807, 2.05) is 12.5 Å². The van der Waals surface area contributed by atoms with Crippen molar-refractivity contribution in [2.45, 2.75) is 46.1 Å². The van der Waals surface area contributed by atoms with Gasteiger partial charge in [0.25, 0.3) is 0 Å². The van der Waals surface area contributed by atoms with E-state index in [0.29, 0.717) is 24.4 Å². The van der Waals surface area contributed by atoms with Gasteiger partial charge in [0.2, 0.25) is 0 Å². The average molecular weight is 209 g/mol. The Hall–Kier alpha value is -0.830. The molecule has 0 aromatic carbocycles. The van der Waals surface area contributed by atoms with Crippen LogP contribution in [-0.4, -0.2) is 16.1 Å². The molecule has 0 fully saturated rings. The van der Waals surface area contributed by atoms with Crippen molar-refractivity contribution in [3.63, 3.8) is 0 Å². The highest BCUT2D eigenvalue weighted by molar-refractivity contribution is 5.06. The van der Waals surface area contributed by atoms with E-state index < -0.39 is 0 Å². The number of nitrogens with zero attached hydrogens (tertiary/aromatic N) is 2. The van der Waals surface area contributed by atoms with Crippen molar-refractivity contribution in [2.75, 3.05) is 6.54 Å². The molecule has 0 aliphatic heterocycles. The molecule has 0 amide bonds. The van der Waals surface area contributed by atoms with Crippen LogP contribution in [0.3, 0.4) is 0 Å². The third-order valence-electron chi connectivity index (χ3n) is 3.18. The van der Waals surface area contributed by atoms with Crippen LogP contribution in [0.1, 0.15) is 51.8 Å². The minimum Gasteiger partial charge on any atom is -0.330 e. The van der Waals surface area contributed by atoms with Gasteiger partial charge in [-0.2, -0.15) is 0 Å². The summed E-state index contributed by atoms with van der Waals surface area (Å²) in [6.45, 7) is 9.53. The molecule has 0 saturated heterocycles. The zero-order valence-electron chi connectivity index (χ0n) is 10.3. The summed E-state index contributed by atoms with van der Waals surface area (Å²) in [6, 6.07) is 0.372. The molecular formula is C12H23N3. The second kappa shape index (κ2) is 5.31. The topological polar surface area (TPSA) is 43.8 Å². The van der Waals surface area contributed by atoms with Gasteiger partial charge in [0.1, 0.15) is 0 Å². The molecule has 86 valence electrons. The molecule has 2 unspecified atom stereocenters. The third kappa shape index (κ3) is 2.59. The van der Waals surface area contributed by atoms with Crippen LogP contribution in [0.15, 0.2) is 12.5 Å². The summed E-state index contributed by atoms with van der Waals surface area (Å²) in [5.41, 5.74) is 7.13. The van der Waals surface area contributed by atoms with Crippen molar-refractivity contribution >= 4 is 0 Å². The Bertz CT molecular complexity index is 291. The highest BCUT2D eigenvalue weighted by Gasteiger charge is 2.18. The van der Waals surface area contributed by atoms with Crippen molar-refractivity contribution < 1.29 is 0 Å². The van der Waals surface area contributed by atoms with Crippen molar-refractivity contribution in [3.8, 4) is 0 Å². The summed E-state index contributed by atoms with van der Waals surface area (Å²) in [7, 11) is 0. The lowest BCUT2D eigenvalue weighted by Crippen LogP contribution is -2.25. The van der Waals surface area contributed by atoms with Crippen molar-refractivity contribution in [3.05, 3.63) is 18.2 Å². The standard InChI is InChI=1S/C12H23N3/c1-5-10(4)12-7-14-8-15(12)11(6-13)9(2)3/h7-11H,5-6,13H2,1-4H3. The molecule has 1 aromatic heterocycles. The smallest absolute Gasteiger partial charge is 0.0951 e. The molecule has 1 aromatic rings. The van der Waals surface area contributed by atoms with Crippen LogP contribution in [-0.2, 0) is 0 Å². The summed E-state index contributed by atoms with van der Waals surface area (Å²) in [6.07, 6.45) is 5.03. The predicted molar refractivity (Wildman–Crippen MR) is 63.9 cm³/mol. The third-order valence-corrected chi connectivity index (χ3v) is 3.18. The summed E-state index contributed by atoms with van der Waals surface area (Å²) in [5, 5.41) is 0. The average Bonchev–Trinajstić information content (AvgIpc) is 2.66. The Morgan fingerprint density at radius 1 is 1.40 bits per heavy atom. The lowest BCUT2D eigenvalue weighted by atomic mass is 10.0. The predicted octanol–water partition coefficient (Wildman–Crippen LogP) is 2.55. The number of aromatic nitrogens is 2. The molecule has 0 aliphatic carbocycles. The Morgan fingerprint density at radius 3 is 2.53 bits per heavy atom. The van der Waals surface area contributed by atoms with Gasteiger partial charge >= 0.3 is 0 Å². The molecule has 2 N–H and O–H groups in total. The molecule has 0 saturated carbocycles. The summed E-state index contributed by atoms with van der Waals surface area (Å²) < 4.78 is 2.25. The molecule has 1 rings (SSSR count). The lowest BCUT2D eigenvalue weighted by molar-refractivity contribution is 0.370. The summed E-state index contributed by atoms with van der Waals surface area (Å²) in [4.78, 5) is 4.25. The fourth-order valence-corrected chi connectivity index (χ4v) is 1.89. The molecule has 0 aliphatic rings. The first-order valence-corrected chi connectivity index (χ1v) is 5.83. The zero-order chi connectivity index (χ0) is 11.4. The summed E-state index contributed by atoms with van der Waals surface area (Å²) >= 11 is 0. The molecule has 3 nitrogen and oxygen atoms in total. The number of hydrogen-bond acceptors (Lipinski definition) is 2. The van der Waals surface area contributed by atoms with Crippen LogP contribution >= 0.6 is 0 Å². The Kier molecular flexibility index (Phi) is 4.33. The van der Waals surface area contributed by atoms with Crippen molar-refractivity contribution in [2.24, 2.45) is 11.7 Å². The van der Waals surface area contributed by atoms with Crippen molar-refractivity contribution in [1.82, 2.24) is 9.55 Å². The van der Waals surface area contributed by atoms with Gasteiger partial charge in [-0.1, -0.05) is 27.7 Å². The molecule has 0 spiro atoms. The van der Waals surface area contributed by atoms with E-state index in [1.165, 1.54) is 5.69 Å². The Labute approximate surface area is 92.7 Å². The van der Waals surface area contributed by atoms with E-state index in [2.05, 4.69) is 37.2 Å². The van der Waals surface area contributed by atoms with Gasteiger partial charge in [-0.25, -0.2) is 4.98 Å². The van der Waals surface area contributed by atoms with Crippen LogP contribution in [0.25, 0.3) is 0 Å². The van der Waals surface area contributed by atoms with Gasteiger partial charge in [-0.05, 0) is 18.3 Å². The lowest BCUT2D eigenvalue weighted by Gasteiger charge is -2.24. The van der Waals surface area contributed by atoms with Crippen molar-refractivity contribution in [1.29, 1.82) is 0 Å². The first-order chi connectivity index (χ1) is 7.11. The second-order valence-electron chi connectivity index (χ2n) is 4.58. The van der Waals surface area contributed by atoms with Gasteiger partial charge < -0.3 is 10.3 Å². The SMILES string of the molecule is CCC(C)c1cncn1C(CN)C(C)C. The number of imidazole rings is 1. The molecule has 0 radical (unpaired) electrons. The van der Waals surface area contributed by atoms with Crippen LogP contribution in [0.5, 0.6) is 0 Å². The highest BCUT2D eigenvalue weighted by Crippen LogP contribution is 2.24. The first kappa shape index (κ1) is 12.2. The number of rotatable bonds is 5. The number of hydrogen-bond donors (Lipinski definition) is 1. The van der Waals surface area contributed by atoms with Gasteiger partial charge in [-0.3, -0.25) is 0 Å². The fourth-order valence-electron chi connectivity index (χ4n) is 1.89. The molecule has 1 heterocycles. The number of nitrogens with two attached hydrogens (primary N) is 1. The second-order valence-corrected chi connectivity index (χ2v) is 4.58. The van der Waals surface area contributed by atoms with E-state index in [-0.39, 0.29) is 0 Å². The Balaban J connectivity index is 2.97.